The second-order valence-electron chi connectivity index (χ2n) is 6.61. The van der Waals surface area contributed by atoms with Gasteiger partial charge in [-0.3, -0.25) is 9.59 Å². The molecular formula is C24H22O6. The molecule has 1 aliphatic carbocycles. The van der Waals surface area contributed by atoms with E-state index in [0.29, 0.717) is 22.8 Å². The van der Waals surface area contributed by atoms with Gasteiger partial charge in [0.2, 0.25) is 0 Å². The molecule has 0 atom stereocenters. The van der Waals surface area contributed by atoms with Gasteiger partial charge in [-0.15, -0.1) is 0 Å². The maximum absolute atomic E-state index is 12.1. The highest BCUT2D eigenvalue weighted by atomic mass is 16.5. The van der Waals surface area contributed by atoms with Crippen LogP contribution >= 0.6 is 0 Å². The highest BCUT2D eigenvalue weighted by Crippen LogP contribution is 2.27. The Balaban J connectivity index is 1.52. The van der Waals surface area contributed by atoms with Crippen molar-refractivity contribution in [3.8, 4) is 11.5 Å². The molecule has 6 nitrogen and oxygen atoms in total. The molecule has 0 bridgehead atoms. The van der Waals surface area contributed by atoms with Gasteiger partial charge in [-0.2, -0.15) is 0 Å². The van der Waals surface area contributed by atoms with Gasteiger partial charge in [0.1, 0.15) is 12.5 Å². The topological polar surface area (TPSA) is 82.1 Å². The van der Waals surface area contributed by atoms with E-state index in [1.54, 1.807) is 18.2 Å². The lowest BCUT2D eigenvalue weighted by Crippen LogP contribution is -2.04. The maximum atomic E-state index is 12.1. The summed E-state index contributed by atoms with van der Waals surface area (Å²) in [5.41, 5.74) is 1.69. The van der Waals surface area contributed by atoms with Crippen molar-refractivity contribution >= 4 is 17.6 Å². The molecule has 6 heteroatoms. The lowest BCUT2D eigenvalue weighted by molar-refractivity contribution is -0.121. The molecule has 0 saturated heterocycles. The second kappa shape index (κ2) is 10.1. The fourth-order valence-corrected chi connectivity index (χ4v) is 2.81. The van der Waals surface area contributed by atoms with Crippen LogP contribution < -0.4 is 4.74 Å². The number of phenols is 1. The number of phenolic OH excluding ortho intramolecular Hbond substituents is 1. The summed E-state index contributed by atoms with van der Waals surface area (Å²) < 4.78 is 16.1. The molecule has 1 heterocycles. The number of benzene rings is 1. The van der Waals surface area contributed by atoms with E-state index in [1.807, 2.05) is 12.2 Å². The molecule has 3 rings (SSSR count). The lowest BCUT2D eigenvalue weighted by Gasteiger charge is -2.17. The van der Waals surface area contributed by atoms with E-state index in [0.717, 1.165) is 18.4 Å². The largest absolute Gasteiger partial charge is 0.504 e. The Kier molecular flexibility index (Phi) is 7.05. The summed E-state index contributed by atoms with van der Waals surface area (Å²) in [6, 6.07) is 4.70. The number of aromatic hydroxyl groups is 1. The van der Waals surface area contributed by atoms with Crippen molar-refractivity contribution in [2.45, 2.75) is 19.3 Å². The average molecular weight is 406 g/mol. The van der Waals surface area contributed by atoms with Crippen molar-refractivity contribution in [2.24, 2.45) is 0 Å². The first-order chi connectivity index (χ1) is 14.5. The Morgan fingerprint density at radius 2 is 1.97 bits per heavy atom. The van der Waals surface area contributed by atoms with Gasteiger partial charge in [0.25, 0.3) is 0 Å². The number of ketones is 2. The first-order valence-corrected chi connectivity index (χ1v) is 9.43. The summed E-state index contributed by atoms with van der Waals surface area (Å²) in [4.78, 5) is 24.1. The second-order valence-corrected chi connectivity index (χ2v) is 6.61. The fraction of sp³-hybridized carbons (Fsp3) is 0.167. The number of hydrogen-bond donors (Lipinski definition) is 1. The summed E-state index contributed by atoms with van der Waals surface area (Å²) in [6.45, 7) is 0. The van der Waals surface area contributed by atoms with Gasteiger partial charge in [0.15, 0.2) is 34.6 Å². The van der Waals surface area contributed by atoms with Gasteiger partial charge in [0.05, 0.1) is 13.5 Å². The number of rotatable bonds is 8. The van der Waals surface area contributed by atoms with Crippen molar-refractivity contribution in [1.29, 1.82) is 0 Å². The zero-order chi connectivity index (χ0) is 21.3. The van der Waals surface area contributed by atoms with Gasteiger partial charge >= 0.3 is 0 Å². The minimum Gasteiger partial charge on any atom is -0.504 e. The number of carbonyl (C=O) groups is 2. The third kappa shape index (κ3) is 5.85. The minimum absolute atomic E-state index is 0.0127. The lowest BCUT2D eigenvalue weighted by atomic mass is 10.0. The molecule has 0 unspecified atom stereocenters. The zero-order valence-electron chi connectivity index (χ0n) is 16.5. The summed E-state index contributed by atoms with van der Waals surface area (Å²) in [5.74, 6) is 0.617. The number of hydrogen-bond acceptors (Lipinski definition) is 6. The molecule has 1 N–H and O–H groups in total. The molecule has 0 aromatic heterocycles. The predicted molar refractivity (Wildman–Crippen MR) is 112 cm³/mol. The maximum Gasteiger partial charge on any atom is 0.165 e. The summed E-state index contributed by atoms with van der Waals surface area (Å²) in [6.07, 6.45) is 16.1. The number of methoxy groups -OCH3 is 1. The van der Waals surface area contributed by atoms with Crippen molar-refractivity contribution in [3.63, 3.8) is 0 Å². The van der Waals surface area contributed by atoms with Crippen molar-refractivity contribution in [1.82, 2.24) is 0 Å². The van der Waals surface area contributed by atoms with E-state index in [2.05, 4.69) is 6.08 Å². The van der Waals surface area contributed by atoms with Crippen LogP contribution in [0.1, 0.15) is 24.8 Å². The number of carbonyl (C=O) groups excluding carboxylic acids is 2. The van der Waals surface area contributed by atoms with Gasteiger partial charge in [-0.05, 0) is 54.3 Å². The van der Waals surface area contributed by atoms with Crippen LogP contribution in [0.3, 0.4) is 0 Å². The third-order valence-corrected chi connectivity index (χ3v) is 4.36. The van der Waals surface area contributed by atoms with E-state index in [1.165, 1.54) is 43.9 Å². The van der Waals surface area contributed by atoms with Crippen LogP contribution in [-0.2, 0) is 19.1 Å². The molecule has 154 valence electrons. The first-order valence-electron chi connectivity index (χ1n) is 9.43. The zero-order valence-corrected chi connectivity index (χ0v) is 16.5. The minimum atomic E-state index is -0.353. The molecule has 0 saturated carbocycles. The molecule has 1 aliphatic heterocycles. The highest BCUT2D eigenvalue weighted by molar-refractivity contribution is 6.09. The quantitative estimate of drug-likeness (QED) is 0.505. The molecular weight excluding hydrogens is 384 g/mol. The monoisotopic (exact) mass is 406 g/mol. The highest BCUT2D eigenvalue weighted by Gasteiger charge is 2.14. The summed E-state index contributed by atoms with van der Waals surface area (Å²) in [5, 5.41) is 9.59. The molecule has 0 radical (unpaired) electrons. The molecule has 1 aromatic rings. The Labute approximate surface area is 174 Å². The molecule has 0 spiro atoms. The standard InChI is InChI=1S/C24H22O6/c1-28-23-13-17(8-12-22(23)27)7-9-19(25)14-20(26)10-11-21-15-29-16-24(30-21)18-5-3-2-4-6-18/h2-3,5,7-13,15-16,27H,4,6,14H2,1H3/b9-7+,11-10+. The van der Waals surface area contributed by atoms with E-state index in [9.17, 15) is 14.7 Å². The van der Waals surface area contributed by atoms with E-state index >= 15 is 0 Å². The van der Waals surface area contributed by atoms with Crippen molar-refractivity contribution in [2.75, 3.05) is 7.11 Å². The Hall–Kier alpha value is -3.80. The molecule has 1 aromatic carbocycles. The van der Waals surface area contributed by atoms with Gasteiger partial charge in [-0.1, -0.05) is 30.4 Å². The fourth-order valence-electron chi connectivity index (χ4n) is 2.81. The summed E-state index contributed by atoms with van der Waals surface area (Å²) >= 11 is 0. The SMILES string of the molecule is COc1cc(/C=C/C(=O)CC(=O)/C=C/C2=COC=C(C3=CC=CCC3)O2)ccc1O. The molecule has 2 aliphatic rings. The van der Waals surface area contributed by atoms with Gasteiger partial charge in [-0.25, -0.2) is 0 Å². The average Bonchev–Trinajstić information content (AvgIpc) is 2.78. The number of ether oxygens (including phenoxy) is 3. The van der Waals surface area contributed by atoms with Crippen LogP contribution in [-0.4, -0.2) is 23.8 Å². The van der Waals surface area contributed by atoms with E-state index < -0.39 is 0 Å². The van der Waals surface area contributed by atoms with Gasteiger partial charge in [0, 0.05) is 0 Å². The molecule has 0 fully saturated rings. The normalized spacial score (nSPS) is 15.8. The van der Waals surface area contributed by atoms with E-state index in [4.69, 9.17) is 14.2 Å². The Morgan fingerprint density at radius 1 is 1.17 bits per heavy atom. The third-order valence-electron chi connectivity index (χ3n) is 4.36. The predicted octanol–water partition coefficient (Wildman–Crippen LogP) is 4.50. The van der Waals surface area contributed by atoms with Crippen LogP contribution in [0.4, 0.5) is 0 Å². The van der Waals surface area contributed by atoms with Crippen LogP contribution in [0, 0.1) is 0 Å². The van der Waals surface area contributed by atoms with Crippen LogP contribution in [0.2, 0.25) is 0 Å². The smallest absolute Gasteiger partial charge is 0.165 e. The van der Waals surface area contributed by atoms with Gasteiger partial charge < -0.3 is 19.3 Å². The number of allylic oxidation sites excluding steroid dienone is 7. The summed E-state index contributed by atoms with van der Waals surface area (Å²) in [7, 11) is 1.44. The van der Waals surface area contributed by atoms with E-state index in [-0.39, 0.29) is 23.7 Å². The Bertz CT molecular complexity index is 1000. The molecule has 30 heavy (non-hydrogen) atoms. The van der Waals surface area contributed by atoms with Crippen LogP contribution in [0.5, 0.6) is 11.5 Å². The molecule has 0 amide bonds. The van der Waals surface area contributed by atoms with Crippen molar-refractivity contribution < 1.29 is 28.9 Å². The first kappa shape index (κ1) is 20.9. The van der Waals surface area contributed by atoms with Crippen LogP contribution in [0.15, 0.2) is 84.3 Å². The van der Waals surface area contributed by atoms with Crippen molar-refractivity contribution in [3.05, 3.63) is 89.8 Å². The Morgan fingerprint density at radius 3 is 2.70 bits per heavy atom. The van der Waals surface area contributed by atoms with Crippen LogP contribution in [0.25, 0.3) is 6.08 Å².